The Balaban J connectivity index is 1.82. The number of anilines is 1. The molecule has 0 saturated heterocycles. The number of methoxy groups -OCH3 is 1. The topological polar surface area (TPSA) is 66.9 Å². The number of benzene rings is 2. The van der Waals surface area contributed by atoms with Gasteiger partial charge in [0.25, 0.3) is 0 Å². The van der Waals surface area contributed by atoms with Crippen molar-refractivity contribution in [3.05, 3.63) is 59.7 Å². The summed E-state index contributed by atoms with van der Waals surface area (Å²) in [7, 11) is 3.47. The minimum Gasteiger partial charge on any atom is -0.494 e. The molecule has 0 radical (unpaired) electrons. The molecule has 6 heteroatoms. The van der Waals surface area contributed by atoms with Crippen molar-refractivity contribution in [2.45, 2.75) is 20.0 Å². The molecule has 6 nitrogen and oxygen atoms in total. The van der Waals surface area contributed by atoms with E-state index >= 15 is 0 Å². The van der Waals surface area contributed by atoms with Crippen LogP contribution in [-0.2, 0) is 17.8 Å². The van der Waals surface area contributed by atoms with Crippen LogP contribution in [0.4, 0.5) is 5.69 Å². The average molecular weight is 370 g/mol. The summed E-state index contributed by atoms with van der Waals surface area (Å²) in [4.78, 5) is 4.29. The Bertz CT molecular complexity index is 702. The number of nitrogens with one attached hydrogen (secondary N) is 3. The van der Waals surface area contributed by atoms with Crippen LogP contribution < -0.4 is 20.7 Å². The highest BCUT2D eigenvalue weighted by molar-refractivity contribution is 5.79. The van der Waals surface area contributed by atoms with Crippen LogP contribution in [0.25, 0.3) is 0 Å². The molecule has 0 aliphatic rings. The maximum atomic E-state index is 5.66. The normalized spacial score (nSPS) is 11.1. The highest BCUT2D eigenvalue weighted by atomic mass is 16.5. The monoisotopic (exact) mass is 370 g/mol. The van der Waals surface area contributed by atoms with Gasteiger partial charge in [-0.1, -0.05) is 30.3 Å². The van der Waals surface area contributed by atoms with E-state index in [0.717, 1.165) is 29.5 Å². The summed E-state index contributed by atoms with van der Waals surface area (Å²) in [5.41, 5.74) is 3.38. The van der Waals surface area contributed by atoms with Crippen molar-refractivity contribution >= 4 is 11.6 Å². The quantitative estimate of drug-likeness (QED) is 0.341. The summed E-state index contributed by atoms with van der Waals surface area (Å²) in [6, 6.07) is 16.4. The number of nitrogens with zero attached hydrogens (tertiary/aromatic N) is 1. The van der Waals surface area contributed by atoms with Crippen molar-refractivity contribution in [3.8, 4) is 5.75 Å². The number of hydrogen-bond donors (Lipinski definition) is 3. The fourth-order valence-corrected chi connectivity index (χ4v) is 2.57. The van der Waals surface area contributed by atoms with E-state index in [-0.39, 0.29) is 0 Å². The first-order valence-corrected chi connectivity index (χ1v) is 9.23. The third kappa shape index (κ3) is 7.19. The Hall–Kier alpha value is -2.73. The summed E-state index contributed by atoms with van der Waals surface area (Å²) in [6.07, 6.45) is 0. The van der Waals surface area contributed by atoms with Crippen LogP contribution in [0, 0.1) is 0 Å². The van der Waals surface area contributed by atoms with Gasteiger partial charge in [0, 0.05) is 45.0 Å². The van der Waals surface area contributed by atoms with E-state index in [1.165, 1.54) is 5.56 Å². The van der Waals surface area contributed by atoms with Gasteiger partial charge in [-0.05, 0) is 30.7 Å². The molecule has 0 bridgehead atoms. The first-order valence-electron chi connectivity index (χ1n) is 9.23. The van der Waals surface area contributed by atoms with Gasteiger partial charge in [0.2, 0.25) is 0 Å². The highest BCUT2D eigenvalue weighted by Crippen LogP contribution is 2.17. The molecule has 0 fully saturated rings. The first-order chi connectivity index (χ1) is 13.3. The molecule has 0 saturated carbocycles. The molecule has 0 aliphatic heterocycles. The van der Waals surface area contributed by atoms with Crippen LogP contribution >= 0.6 is 0 Å². The first kappa shape index (κ1) is 20.6. The summed E-state index contributed by atoms with van der Waals surface area (Å²) in [5, 5.41) is 9.98. The van der Waals surface area contributed by atoms with Gasteiger partial charge in [0.15, 0.2) is 5.96 Å². The Morgan fingerprint density at radius 3 is 2.44 bits per heavy atom. The van der Waals surface area contributed by atoms with Gasteiger partial charge >= 0.3 is 0 Å². The molecule has 0 aliphatic carbocycles. The molecular formula is C21H30N4O2. The number of ether oxygens (including phenoxy) is 2. The second-order valence-electron chi connectivity index (χ2n) is 5.94. The van der Waals surface area contributed by atoms with Crippen LogP contribution in [0.1, 0.15) is 18.1 Å². The summed E-state index contributed by atoms with van der Waals surface area (Å²) in [6.45, 7) is 5.48. The van der Waals surface area contributed by atoms with Crippen molar-refractivity contribution in [3.63, 3.8) is 0 Å². The van der Waals surface area contributed by atoms with Gasteiger partial charge < -0.3 is 25.4 Å². The van der Waals surface area contributed by atoms with Crippen molar-refractivity contribution in [1.82, 2.24) is 10.6 Å². The van der Waals surface area contributed by atoms with E-state index in [9.17, 15) is 0 Å². The molecule has 3 N–H and O–H groups in total. The lowest BCUT2D eigenvalue weighted by atomic mass is 10.2. The fraction of sp³-hybridized carbons (Fsp3) is 0.381. The van der Waals surface area contributed by atoms with Crippen molar-refractivity contribution in [1.29, 1.82) is 0 Å². The third-order valence-electron chi connectivity index (χ3n) is 3.99. The Morgan fingerprint density at radius 2 is 1.74 bits per heavy atom. The van der Waals surface area contributed by atoms with E-state index < -0.39 is 0 Å². The maximum absolute atomic E-state index is 5.66. The van der Waals surface area contributed by atoms with Crippen molar-refractivity contribution in [2.75, 3.05) is 39.2 Å². The molecule has 2 rings (SSSR count). The standard InChI is InChI=1S/C21H30N4O2/c1-4-27-20-8-6-5-7-18(20)16-25-21(22-2)24-15-17-9-11-19(12-10-17)23-13-14-26-3/h5-12,23H,4,13-16H2,1-3H3,(H2,22,24,25). The molecule has 0 amide bonds. The Kier molecular flexibility index (Phi) is 9.00. The number of rotatable bonds is 10. The van der Waals surface area contributed by atoms with Crippen LogP contribution in [0.3, 0.4) is 0 Å². The molecular weight excluding hydrogens is 340 g/mol. The predicted molar refractivity (Wildman–Crippen MR) is 111 cm³/mol. The van der Waals surface area contributed by atoms with Crippen LogP contribution in [-0.4, -0.2) is 39.9 Å². The number of para-hydroxylation sites is 1. The van der Waals surface area contributed by atoms with Gasteiger partial charge in [-0.2, -0.15) is 0 Å². The van der Waals surface area contributed by atoms with Gasteiger partial charge in [-0.15, -0.1) is 0 Å². The summed E-state index contributed by atoms with van der Waals surface area (Å²) >= 11 is 0. The Morgan fingerprint density at radius 1 is 1.00 bits per heavy atom. The third-order valence-corrected chi connectivity index (χ3v) is 3.99. The lowest BCUT2D eigenvalue weighted by Crippen LogP contribution is -2.36. The molecule has 0 heterocycles. The summed E-state index contributed by atoms with van der Waals surface area (Å²) in [5.74, 6) is 1.66. The molecule has 0 unspecified atom stereocenters. The predicted octanol–water partition coefficient (Wildman–Crippen LogP) is 3.01. The molecule has 0 atom stereocenters. The minimum atomic E-state index is 0.651. The zero-order valence-electron chi connectivity index (χ0n) is 16.4. The minimum absolute atomic E-state index is 0.651. The summed E-state index contributed by atoms with van der Waals surface area (Å²) < 4.78 is 10.7. The van der Waals surface area contributed by atoms with Gasteiger partial charge in [0.05, 0.1) is 13.2 Å². The Labute approximate surface area is 162 Å². The highest BCUT2D eigenvalue weighted by Gasteiger charge is 2.04. The second kappa shape index (κ2) is 11.8. The number of hydrogen-bond acceptors (Lipinski definition) is 4. The van der Waals surface area contributed by atoms with E-state index in [1.807, 2.05) is 25.1 Å². The van der Waals surface area contributed by atoms with Crippen LogP contribution in [0.5, 0.6) is 5.75 Å². The molecule has 2 aromatic carbocycles. The maximum Gasteiger partial charge on any atom is 0.191 e. The zero-order chi connectivity index (χ0) is 19.3. The van der Waals surface area contributed by atoms with E-state index in [2.05, 4.69) is 51.3 Å². The van der Waals surface area contributed by atoms with E-state index in [0.29, 0.717) is 26.3 Å². The molecule has 2 aromatic rings. The lowest BCUT2D eigenvalue weighted by Gasteiger charge is -2.14. The largest absolute Gasteiger partial charge is 0.494 e. The smallest absolute Gasteiger partial charge is 0.191 e. The molecule has 0 aromatic heterocycles. The van der Waals surface area contributed by atoms with Gasteiger partial charge in [-0.3, -0.25) is 4.99 Å². The SMILES string of the molecule is CCOc1ccccc1CNC(=NC)NCc1ccc(NCCOC)cc1. The zero-order valence-corrected chi connectivity index (χ0v) is 16.4. The second-order valence-corrected chi connectivity index (χ2v) is 5.94. The van der Waals surface area contributed by atoms with Crippen LogP contribution in [0.15, 0.2) is 53.5 Å². The van der Waals surface area contributed by atoms with Crippen molar-refractivity contribution < 1.29 is 9.47 Å². The lowest BCUT2D eigenvalue weighted by molar-refractivity contribution is 0.211. The van der Waals surface area contributed by atoms with E-state index in [1.54, 1.807) is 14.2 Å². The van der Waals surface area contributed by atoms with Gasteiger partial charge in [0.1, 0.15) is 5.75 Å². The van der Waals surface area contributed by atoms with Crippen molar-refractivity contribution in [2.24, 2.45) is 4.99 Å². The average Bonchev–Trinajstić information content (AvgIpc) is 2.70. The van der Waals surface area contributed by atoms with Gasteiger partial charge in [-0.25, -0.2) is 0 Å². The number of guanidine groups is 1. The molecule has 27 heavy (non-hydrogen) atoms. The molecule has 0 spiro atoms. The van der Waals surface area contributed by atoms with Crippen LogP contribution in [0.2, 0.25) is 0 Å². The molecule has 146 valence electrons. The number of aliphatic imine (C=N–C) groups is 1. The fourth-order valence-electron chi connectivity index (χ4n) is 2.57. The van der Waals surface area contributed by atoms with E-state index in [4.69, 9.17) is 9.47 Å².